The van der Waals surface area contributed by atoms with Gasteiger partial charge in [-0.1, -0.05) is 0 Å². The largest absolute Gasteiger partial charge is 0.481 e. The zero-order chi connectivity index (χ0) is 14.5. The second-order valence-electron chi connectivity index (χ2n) is 5.52. The molecule has 0 unspecified atom stereocenters. The van der Waals surface area contributed by atoms with Crippen molar-refractivity contribution in [2.45, 2.75) is 45.3 Å². The van der Waals surface area contributed by atoms with Crippen LogP contribution in [0.1, 0.15) is 33.6 Å². The molecule has 0 bridgehead atoms. The summed E-state index contributed by atoms with van der Waals surface area (Å²) in [6.07, 6.45) is 0.553. The Labute approximate surface area is 114 Å². The van der Waals surface area contributed by atoms with Crippen molar-refractivity contribution in [3.8, 4) is 0 Å². The SMILES string of the molecule is CC(C)N(CCCC(=O)O)C(=O)COC1(C)CNC1. The number of carbonyl (C=O) groups is 2. The normalized spacial score (nSPS) is 17.1. The minimum atomic E-state index is -0.833. The van der Waals surface area contributed by atoms with E-state index in [1.54, 1.807) is 4.90 Å². The summed E-state index contributed by atoms with van der Waals surface area (Å²) >= 11 is 0. The average molecular weight is 272 g/mol. The summed E-state index contributed by atoms with van der Waals surface area (Å²) in [5, 5.41) is 11.7. The Morgan fingerprint density at radius 2 is 2.05 bits per heavy atom. The highest BCUT2D eigenvalue weighted by Gasteiger charge is 2.33. The maximum Gasteiger partial charge on any atom is 0.303 e. The van der Waals surface area contributed by atoms with Crippen molar-refractivity contribution in [3.63, 3.8) is 0 Å². The van der Waals surface area contributed by atoms with Gasteiger partial charge in [0.15, 0.2) is 0 Å². The first-order valence-electron chi connectivity index (χ1n) is 6.70. The summed E-state index contributed by atoms with van der Waals surface area (Å²) in [5.74, 6) is -0.908. The van der Waals surface area contributed by atoms with Crippen molar-refractivity contribution < 1.29 is 19.4 Å². The van der Waals surface area contributed by atoms with E-state index in [1.165, 1.54) is 0 Å². The van der Waals surface area contributed by atoms with Crippen molar-refractivity contribution >= 4 is 11.9 Å². The Bertz CT molecular complexity index is 327. The maximum atomic E-state index is 12.1. The molecule has 6 heteroatoms. The Balaban J connectivity index is 2.36. The van der Waals surface area contributed by atoms with Crippen LogP contribution in [0.5, 0.6) is 0 Å². The Morgan fingerprint density at radius 3 is 2.47 bits per heavy atom. The van der Waals surface area contributed by atoms with Crippen LogP contribution in [0.2, 0.25) is 0 Å². The number of nitrogens with zero attached hydrogens (tertiary/aromatic N) is 1. The molecule has 0 atom stereocenters. The number of carboxylic acids is 1. The van der Waals surface area contributed by atoms with Gasteiger partial charge in [-0.2, -0.15) is 0 Å². The molecule has 0 aliphatic carbocycles. The molecule has 1 rings (SSSR count). The van der Waals surface area contributed by atoms with Gasteiger partial charge in [0.25, 0.3) is 0 Å². The first-order chi connectivity index (χ1) is 8.84. The molecule has 1 aliphatic rings. The van der Waals surface area contributed by atoms with Crippen LogP contribution in [0.3, 0.4) is 0 Å². The zero-order valence-electron chi connectivity index (χ0n) is 11.9. The van der Waals surface area contributed by atoms with Crippen LogP contribution in [0.15, 0.2) is 0 Å². The van der Waals surface area contributed by atoms with Crippen LogP contribution in [0, 0.1) is 0 Å². The highest BCUT2D eigenvalue weighted by Crippen LogP contribution is 2.15. The minimum absolute atomic E-state index is 0.0530. The molecule has 0 radical (unpaired) electrons. The van der Waals surface area contributed by atoms with Crippen LogP contribution >= 0.6 is 0 Å². The second-order valence-corrected chi connectivity index (χ2v) is 5.52. The number of aliphatic carboxylic acids is 1. The van der Waals surface area contributed by atoms with E-state index in [2.05, 4.69) is 5.32 Å². The average Bonchev–Trinajstić information content (AvgIpc) is 2.28. The van der Waals surface area contributed by atoms with E-state index in [1.807, 2.05) is 20.8 Å². The van der Waals surface area contributed by atoms with E-state index in [0.29, 0.717) is 13.0 Å². The number of hydrogen-bond donors (Lipinski definition) is 2. The van der Waals surface area contributed by atoms with Gasteiger partial charge in [0.1, 0.15) is 6.61 Å². The fraction of sp³-hybridized carbons (Fsp3) is 0.846. The van der Waals surface area contributed by atoms with E-state index < -0.39 is 5.97 Å². The topological polar surface area (TPSA) is 78.9 Å². The predicted molar refractivity (Wildman–Crippen MR) is 70.9 cm³/mol. The van der Waals surface area contributed by atoms with Crippen LogP contribution in [0.4, 0.5) is 0 Å². The number of hydrogen-bond acceptors (Lipinski definition) is 4. The van der Waals surface area contributed by atoms with Crippen LogP contribution in [-0.2, 0) is 14.3 Å². The summed E-state index contributed by atoms with van der Waals surface area (Å²) in [5.41, 5.74) is -0.237. The third-order valence-electron chi connectivity index (χ3n) is 3.28. The number of rotatable bonds is 8. The fourth-order valence-electron chi connectivity index (χ4n) is 1.97. The number of carbonyl (C=O) groups excluding carboxylic acids is 1. The molecule has 6 nitrogen and oxygen atoms in total. The van der Waals surface area contributed by atoms with Gasteiger partial charge >= 0.3 is 5.97 Å². The zero-order valence-corrected chi connectivity index (χ0v) is 11.9. The minimum Gasteiger partial charge on any atom is -0.481 e. The molecule has 1 heterocycles. The molecule has 2 N–H and O–H groups in total. The van der Waals surface area contributed by atoms with E-state index in [9.17, 15) is 9.59 Å². The van der Waals surface area contributed by atoms with Gasteiger partial charge in [-0.25, -0.2) is 0 Å². The molecule has 0 aromatic rings. The van der Waals surface area contributed by atoms with Gasteiger partial charge < -0.3 is 20.1 Å². The molecule has 0 aromatic heterocycles. The molecule has 1 amide bonds. The third-order valence-corrected chi connectivity index (χ3v) is 3.28. The summed E-state index contributed by atoms with van der Waals surface area (Å²) in [4.78, 5) is 24.2. The molecular formula is C13H24N2O4. The van der Waals surface area contributed by atoms with Gasteiger partial charge in [0.2, 0.25) is 5.91 Å². The molecule has 1 aliphatic heterocycles. The predicted octanol–water partition coefficient (Wildman–Crippen LogP) is 0.467. The summed E-state index contributed by atoms with van der Waals surface area (Å²) in [7, 11) is 0. The molecule has 110 valence electrons. The molecule has 19 heavy (non-hydrogen) atoms. The third kappa shape index (κ3) is 5.16. The van der Waals surface area contributed by atoms with Gasteiger partial charge in [0.05, 0.1) is 5.60 Å². The van der Waals surface area contributed by atoms with E-state index >= 15 is 0 Å². The lowest BCUT2D eigenvalue weighted by molar-refractivity contribution is -0.148. The van der Waals surface area contributed by atoms with Gasteiger partial charge in [-0.15, -0.1) is 0 Å². The van der Waals surface area contributed by atoms with Crippen molar-refractivity contribution in [2.24, 2.45) is 0 Å². The van der Waals surface area contributed by atoms with Crippen molar-refractivity contribution in [1.29, 1.82) is 0 Å². The lowest BCUT2D eigenvalue weighted by Crippen LogP contribution is -2.60. The van der Waals surface area contributed by atoms with Gasteiger partial charge in [-0.3, -0.25) is 9.59 Å². The van der Waals surface area contributed by atoms with Gasteiger partial charge in [0, 0.05) is 32.1 Å². The quantitative estimate of drug-likeness (QED) is 0.671. The molecule has 1 saturated heterocycles. The number of amides is 1. The maximum absolute atomic E-state index is 12.1. The second kappa shape index (κ2) is 6.86. The summed E-state index contributed by atoms with van der Waals surface area (Å²) in [6, 6.07) is 0.0530. The Hall–Kier alpha value is -1.14. The van der Waals surface area contributed by atoms with Crippen molar-refractivity contribution in [2.75, 3.05) is 26.2 Å². The lowest BCUT2D eigenvalue weighted by Gasteiger charge is -2.39. The lowest BCUT2D eigenvalue weighted by atomic mass is 10.0. The molecule has 1 fully saturated rings. The number of carboxylic acid groups (broad SMARTS) is 1. The van der Waals surface area contributed by atoms with Crippen LogP contribution in [0.25, 0.3) is 0 Å². The Kier molecular flexibility index (Phi) is 5.75. The van der Waals surface area contributed by atoms with Crippen LogP contribution < -0.4 is 5.32 Å². The van der Waals surface area contributed by atoms with E-state index in [0.717, 1.165) is 13.1 Å². The van der Waals surface area contributed by atoms with E-state index in [4.69, 9.17) is 9.84 Å². The number of ether oxygens (including phenoxy) is 1. The highest BCUT2D eigenvalue weighted by atomic mass is 16.5. The fourth-order valence-corrected chi connectivity index (χ4v) is 1.97. The Morgan fingerprint density at radius 1 is 1.42 bits per heavy atom. The molecule has 0 saturated carbocycles. The highest BCUT2D eigenvalue weighted by molar-refractivity contribution is 5.77. The first kappa shape index (κ1) is 15.9. The number of nitrogens with one attached hydrogen (secondary N) is 1. The first-order valence-corrected chi connectivity index (χ1v) is 6.70. The van der Waals surface area contributed by atoms with E-state index in [-0.39, 0.29) is 30.6 Å². The molecule has 0 spiro atoms. The van der Waals surface area contributed by atoms with Crippen LogP contribution in [-0.4, -0.2) is 59.8 Å². The van der Waals surface area contributed by atoms with Crippen molar-refractivity contribution in [1.82, 2.24) is 10.2 Å². The van der Waals surface area contributed by atoms with Crippen molar-refractivity contribution in [3.05, 3.63) is 0 Å². The molecule has 0 aromatic carbocycles. The summed E-state index contributed by atoms with van der Waals surface area (Å²) in [6.45, 7) is 7.87. The smallest absolute Gasteiger partial charge is 0.303 e. The van der Waals surface area contributed by atoms with Gasteiger partial charge in [-0.05, 0) is 27.2 Å². The summed E-state index contributed by atoms with van der Waals surface area (Å²) < 4.78 is 5.62. The standard InChI is InChI=1S/C13H24N2O4/c1-10(2)15(6-4-5-12(17)18)11(16)7-19-13(3)8-14-9-13/h10,14H,4-9H2,1-3H3,(H,17,18). The molecular weight excluding hydrogens is 248 g/mol. The monoisotopic (exact) mass is 272 g/mol.